The van der Waals surface area contributed by atoms with Crippen LogP contribution in [0.5, 0.6) is 11.5 Å². The molecule has 1 saturated heterocycles. The monoisotopic (exact) mass is 552 g/mol. The summed E-state index contributed by atoms with van der Waals surface area (Å²) >= 11 is 1.02. The standard InChI is InChI=1S/C28H28N2O6S2/c1-34-17-9-16-30-27(31)26(37-28(30)29-38(32,33)23-12-7-4-8-13-23)19-22-14-15-24(25(18-22)35-2)36-20-21-10-5-3-6-11-21/h3-8,10-15,18-19H,9,16-17,20H2,1-2H3/b26-19-,29-28+. The summed E-state index contributed by atoms with van der Waals surface area (Å²) < 4.78 is 46.4. The van der Waals surface area contributed by atoms with E-state index in [1.807, 2.05) is 36.4 Å². The molecule has 3 aromatic rings. The maximum absolute atomic E-state index is 13.3. The van der Waals surface area contributed by atoms with Gasteiger partial charge in [0.05, 0.1) is 16.9 Å². The van der Waals surface area contributed by atoms with E-state index in [4.69, 9.17) is 14.2 Å². The Morgan fingerprint density at radius 1 is 0.947 bits per heavy atom. The molecule has 0 bridgehead atoms. The van der Waals surface area contributed by atoms with Gasteiger partial charge in [0.2, 0.25) is 0 Å². The van der Waals surface area contributed by atoms with Crippen LogP contribution >= 0.6 is 11.8 Å². The van der Waals surface area contributed by atoms with Gasteiger partial charge >= 0.3 is 0 Å². The molecule has 1 amide bonds. The number of hydrogen-bond donors (Lipinski definition) is 0. The molecule has 1 aliphatic rings. The lowest BCUT2D eigenvalue weighted by molar-refractivity contribution is -0.122. The van der Waals surface area contributed by atoms with Gasteiger partial charge in [-0.3, -0.25) is 9.69 Å². The molecule has 0 aliphatic carbocycles. The van der Waals surface area contributed by atoms with Gasteiger partial charge < -0.3 is 14.2 Å². The summed E-state index contributed by atoms with van der Waals surface area (Å²) in [6.45, 7) is 1.09. The van der Waals surface area contributed by atoms with Gasteiger partial charge in [-0.15, -0.1) is 4.40 Å². The fourth-order valence-electron chi connectivity index (χ4n) is 3.67. The van der Waals surface area contributed by atoms with Crippen molar-refractivity contribution in [3.8, 4) is 11.5 Å². The quantitative estimate of drug-likeness (QED) is 0.245. The molecule has 3 aromatic carbocycles. The molecule has 0 atom stereocenters. The molecule has 0 unspecified atom stereocenters. The number of rotatable bonds is 11. The highest BCUT2D eigenvalue weighted by Crippen LogP contribution is 2.36. The molecule has 10 heteroatoms. The second-order valence-corrected chi connectivity index (χ2v) is 10.9. The van der Waals surface area contributed by atoms with Gasteiger partial charge in [-0.1, -0.05) is 54.6 Å². The van der Waals surface area contributed by atoms with E-state index >= 15 is 0 Å². The lowest BCUT2D eigenvalue weighted by Crippen LogP contribution is -2.31. The third kappa shape index (κ3) is 6.83. The summed E-state index contributed by atoms with van der Waals surface area (Å²) in [5.74, 6) is 0.765. The highest BCUT2D eigenvalue weighted by molar-refractivity contribution is 8.19. The Labute approximate surface area is 227 Å². The average molecular weight is 553 g/mol. The Morgan fingerprint density at radius 3 is 2.34 bits per heavy atom. The molecular weight excluding hydrogens is 524 g/mol. The zero-order valence-corrected chi connectivity index (χ0v) is 22.7. The normalized spacial score (nSPS) is 15.8. The van der Waals surface area contributed by atoms with Gasteiger partial charge in [-0.25, -0.2) is 0 Å². The van der Waals surface area contributed by atoms with Crippen LogP contribution in [0.15, 0.2) is 93.1 Å². The number of hydrogen-bond acceptors (Lipinski definition) is 7. The molecule has 38 heavy (non-hydrogen) atoms. The number of amides is 1. The molecular formula is C28H28N2O6S2. The van der Waals surface area contributed by atoms with Crippen molar-refractivity contribution in [1.82, 2.24) is 4.90 Å². The first kappa shape index (κ1) is 27.4. The molecule has 0 saturated carbocycles. The van der Waals surface area contributed by atoms with Crippen LogP contribution in [0.2, 0.25) is 0 Å². The van der Waals surface area contributed by atoms with Crippen LogP contribution in [0.1, 0.15) is 17.5 Å². The number of carbonyl (C=O) groups is 1. The minimum Gasteiger partial charge on any atom is -0.493 e. The molecule has 4 rings (SSSR count). The van der Waals surface area contributed by atoms with Gasteiger partial charge in [0.1, 0.15) is 6.61 Å². The van der Waals surface area contributed by atoms with E-state index in [2.05, 4.69) is 4.40 Å². The van der Waals surface area contributed by atoms with E-state index in [1.165, 1.54) is 17.0 Å². The van der Waals surface area contributed by atoms with Crippen LogP contribution in [0.25, 0.3) is 6.08 Å². The number of sulfonamides is 1. The number of methoxy groups -OCH3 is 2. The van der Waals surface area contributed by atoms with E-state index < -0.39 is 10.0 Å². The van der Waals surface area contributed by atoms with Crippen LogP contribution in [0, 0.1) is 0 Å². The van der Waals surface area contributed by atoms with E-state index in [0.29, 0.717) is 41.6 Å². The molecule has 0 N–H and O–H groups in total. The summed E-state index contributed by atoms with van der Waals surface area (Å²) in [6.07, 6.45) is 2.22. The number of amidine groups is 1. The van der Waals surface area contributed by atoms with Gasteiger partial charge in [0.15, 0.2) is 16.7 Å². The second-order valence-electron chi connectivity index (χ2n) is 8.26. The molecule has 0 spiro atoms. The van der Waals surface area contributed by atoms with Crippen LogP contribution in [-0.2, 0) is 26.2 Å². The van der Waals surface area contributed by atoms with Crippen molar-refractivity contribution >= 4 is 38.9 Å². The number of nitrogens with zero attached hydrogens (tertiary/aromatic N) is 2. The summed E-state index contributed by atoms with van der Waals surface area (Å²) in [5.41, 5.74) is 1.73. The van der Waals surface area contributed by atoms with E-state index in [0.717, 1.165) is 17.3 Å². The van der Waals surface area contributed by atoms with Crippen molar-refractivity contribution in [3.63, 3.8) is 0 Å². The van der Waals surface area contributed by atoms with Gasteiger partial charge in [-0.2, -0.15) is 8.42 Å². The summed E-state index contributed by atoms with van der Waals surface area (Å²) in [7, 11) is -0.874. The largest absolute Gasteiger partial charge is 0.493 e. The van der Waals surface area contributed by atoms with Crippen LogP contribution < -0.4 is 9.47 Å². The van der Waals surface area contributed by atoms with Crippen molar-refractivity contribution < 1.29 is 27.4 Å². The minimum absolute atomic E-state index is 0.0608. The zero-order valence-electron chi connectivity index (χ0n) is 21.1. The molecule has 0 aromatic heterocycles. The predicted octanol–water partition coefficient (Wildman–Crippen LogP) is 4.97. The highest BCUT2D eigenvalue weighted by Gasteiger charge is 2.34. The van der Waals surface area contributed by atoms with Crippen LogP contribution in [0.4, 0.5) is 0 Å². The number of carbonyl (C=O) groups excluding carboxylic acids is 1. The van der Waals surface area contributed by atoms with Crippen molar-refractivity contribution in [2.24, 2.45) is 4.40 Å². The van der Waals surface area contributed by atoms with E-state index in [9.17, 15) is 13.2 Å². The minimum atomic E-state index is -3.99. The lowest BCUT2D eigenvalue weighted by atomic mass is 10.1. The Balaban J connectivity index is 1.59. The van der Waals surface area contributed by atoms with Crippen molar-refractivity contribution in [3.05, 3.63) is 94.9 Å². The molecule has 1 heterocycles. The van der Waals surface area contributed by atoms with Gasteiger partial charge in [0, 0.05) is 20.3 Å². The van der Waals surface area contributed by atoms with Crippen molar-refractivity contribution in [1.29, 1.82) is 0 Å². The molecule has 1 fully saturated rings. The topological polar surface area (TPSA) is 94.5 Å². The smallest absolute Gasteiger partial charge is 0.284 e. The summed E-state index contributed by atoms with van der Waals surface area (Å²) in [5, 5.41) is 0.107. The third-order valence-electron chi connectivity index (χ3n) is 5.58. The summed E-state index contributed by atoms with van der Waals surface area (Å²) in [6, 6.07) is 23.1. The number of benzene rings is 3. The summed E-state index contributed by atoms with van der Waals surface area (Å²) in [4.78, 5) is 15.1. The number of thioether (sulfide) groups is 1. The van der Waals surface area contributed by atoms with Crippen LogP contribution in [-0.4, -0.2) is 51.8 Å². The molecule has 0 radical (unpaired) electrons. The fraction of sp³-hybridized carbons (Fsp3) is 0.214. The van der Waals surface area contributed by atoms with E-state index in [1.54, 1.807) is 50.6 Å². The Morgan fingerprint density at radius 2 is 1.66 bits per heavy atom. The highest BCUT2D eigenvalue weighted by atomic mass is 32.2. The molecule has 8 nitrogen and oxygen atoms in total. The maximum atomic E-state index is 13.3. The zero-order chi connectivity index (χ0) is 27.0. The van der Waals surface area contributed by atoms with E-state index in [-0.39, 0.29) is 22.5 Å². The Kier molecular flexibility index (Phi) is 9.22. The Hall–Kier alpha value is -3.60. The van der Waals surface area contributed by atoms with Crippen molar-refractivity contribution in [2.75, 3.05) is 27.4 Å². The third-order valence-corrected chi connectivity index (χ3v) is 7.98. The average Bonchev–Trinajstić information content (AvgIpc) is 3.21. The first-order valence-electron chi connectivity index (χ1n) is 11.9. The van der Waals surface area contributed by atoms with Crippen LogP contribution in [0.3, 0.4) is 0 Å². The fourth-order valence-corrected chi connectivity index (χ4v) is 5.90. The molecule has 198 valence electrons. The predicted molar refractivity (Wildman–Crippen MR) is 149 cm³/mol. The SMILES string of the molecule is COCCCN1C(=O)/C(=C/c2ccc(OCc3ccccc3)c(OC)c2)S/C1=N/S(=O)(=O)c1ccccc1. The first-order valence-corrected chi connectivity index (χ1v) is 14.1. The Bertz CT molecular complexity index is 1420. The maximum Gasteiger partial charge on any atom is 0.284 e. The second kappa shape index (κ2) is 12.8. The number of ether oxygens (including phenoxy) is 3. The van der Waals surface area contributed by atoms with Crippen molar-refractivity contribution in [2.45, 2.75) is 17.9 Å². The van der Waals surface area contributed by atoms with Gasteiger partial charge in [-0.05, 0) is 59.7 Å². The molecule has 1 aliphatic heterocycles. The lowest BCUT2D eigenvalue weighted by Gasteiger charge is -2.15. The first-order chi connectivity index (χ1) is 18.4. The van der Waals surface area contributed by atoms with Gasteiger partial charge in [0.25, 0.3) is 15.9 Å².